The molecule has 0 saturated carbocycles. The molecule has 0 aliphatic heterocycles. The first-order valence-electron chi connectivity index (χ1n) is 5.55. The van der Waals surface area contributed by atoms with E-state index in [1.807, 2.05) is 7.05 Å². The van der Waals surface area contributed by atoms with Crippen molar-refractivity contribution in [2.75, 3.05) is 24.1 Å². The van der Waals surface area contributed by atoms with Crippen molar-refractivity contribution in [2.24, 2.45) is 0 Å². The second kappa shape index (κ2) is 7.33. The molecule has 2 N–H and O–H groups in total. The lowest BCUT2D eigenvalue weighted by Crippen LogP contribution is -2.18. The number of hydrogen-bond donors (Lipinski definition) is 2. The van der Waals surface area contributed by atoms with Gasteiger partial charge in [-0.1, -0.05) is 11.6 Å². The van der Waals surface area contributed by atoms with Gasteiger partial charge in [-0.15, -0.1) is 0 Å². The van der Waals surface area contributed by atoms with Crippen LogP contribution in [0.3, 0.4) is 0 Å². The smallest absolute Gasteiger partial charge is 0.232 e. The van der Waals surface area contributed by atoms with Crippen molar-refractivity contribution >= 4 is 43.2 Å². The molecule has 0 atom stereocenters. The van der Waals surface area contributed by atoms with E-state index in [1.165, 1.54) is 0 Å². The van der Waals surface area contributed by atoms with Gasteiger partial charge in [0.05, 0.1) is 11.4 Å². The van der Waals surface area contributed by atoms with E-state index >= 15 is 0 Å². The zero-order valence-corrected chi connectivity index (χ0v) is 13.2. The van der Waals surface area contributed by atoms with E-state index in [1.54, 1.807) is 18.2 Å². The maximum atomic E-state index is 11.8. The molecule has 0 aliphatic rings. The minimum atomic E-state index is -3.32. The number of unbranched alkanes of at least 4 members (excludes halogenated alkanes) is 1. The number of hydrogen-bond acceptors (Lipinski definition) is 3. The summed E-state index contributed by atoms with van der Waals surface area (Å²) in [6, 6.07) is 4.98. The van der Waals surface area contributed by atoms with Gasteiger partial charge in [0.2, 0.25) is 10.0 Å². The first kappa shape index (κ1) is 15.8. The number of sulfonamides is 1. The molecule has 1 rings (SSSR count). The third-order valence-electron chi connectivity index (χ3n) is 2.28. The summed E-state index contributed by atoms with van der Waals surface area (Å²) in [5, 5.41) is 3.47. The Labute approximate surface area is 121 Å². The monoisotopic (exact) mass is 354 g/mol. The maximum Gasteiger partial charge on any atom is 0.232 e. The molecule has 0 heterocycles. The Hall–Kier alpha value is -0.300. The number of nitrogens with one attached hydrogen (secondary N) is 2. The molecule has 4 nitrogen and oxygen atoms in total. The minimum absolute atomic E-state index is 0.105. The average molecular weight is 356 g/mol. The Kier molecular flexibility index (Phi) is 6.42. The van der Waals surface area contributed by atoms with Crippen molar-refractivity contribution in [3.63, 3.8) is 0 Å². The molecule has 0 fully saturated rings. The topological polar surface area (TPSA) is 58.2 Å². The third kappa shape index (κ3) is 5.56. The van der Waals surface area contributed by atoms with Crippen LogP contribution in [0.1, 0.15) is 12.8 Å². The molecule has 0 amide bonds. The summed E-state index contributed by atoms with van der Waals surface area (Å²) in [6.07, 6.45) is 1.45. The molecular formula is C11H16BrClN2O2S. The fraction of sp³-hybridized carbons (Fsp3) is 0.455. The molecule has 0 spiro atoms. The minimum Gasteiger partial charge on any atom is -0.320 e. The fourth-order valence-electron chi connectivity index (χ4n) is 1.39. The second-order valence-corrected chi connectivity index (χ2v) is 6.99. The summed E-state index contributed by atoms with van der Waals surface area (Å²) in [4.78, 5) is 0. The molecule has 0 aliphatic carbocycles. The highest BCUT2D eigenvalue weighted by molar-refractivity contribution is 9.10. The van der Waals surface area contributed by atoms with Crippen LogP contribution in [0.15, 0.2) is 22.7 Å². The van der Waals surface area contributed by atoms with Crippen LogP contribution >= 0.6 is 27.5 Å². The quantitative estimate of drug-likeness (QED) is 0.739. The molecule has 0 aromatic heterocycles. The lowest BCUT2D eigenvalue weighted by atomic mass is 10.3. The van der Waals surface area contributed by atoms with Gasteiger partial charge in [-0.25, -0.2) is 8.42 Å². The van der Waals surface area contributed by atoms with E-state index in [9.17, 15) is 8.42 Å². The molecule has 18 heavy (non-hydrogen) atoms. The van der Waals surface area contributed by atoms with Crippen molar-refractivity contribution in [3.8, 4) is 0 Å². The Morgan fingerprint density at radius 3 is 2.72 bits per heavy atom. The van der Waals surface area contributed by atoms with Crippen molar-refractivity contribution in [1.29, 1.82) is 0 Å². The highest BCUT2D eigenvalue weighted by atomic mass is 79.9. The predicted molar refractivity (Wildman–Crippen MR) is 79.7 cm³/mol. The number of rotatable bonds is 7. The van der Waals surface area contributed by atoms with Crippen LogP contribution < -0.4 is 10.0 Å². The van der Waals surface area contributed by atoms with Gasteiger partial charge in [0.15, 0.2) is 0 Å². The zero-order chi connectivity index (χ0) is 13.6. The summed E-state index contributed by atoms with van der Waals surface area (Å²) >= 11 is 9.11. The summed E-state index contributed by atoms with van der Waals surface area (Å²) < 4.78 is 26.9. The van der Waals surface area contributed by atoms with E-state index in [0.29, 0.717) is 21.6 Å². The summed E-state index contributed by atoms with van der Waals surface area (Å²) in [7, 11) is -1.48. The largest absolute Gasteiger partial charge is 0.320 e. The van der Waals surface area contributed by atoms with Gasteiger partial charge in [0.25, 0.3) is 0 Å². The first-order chi connectivity index (χ1) is 8.44. The third-order valence-corrected chi connectivity index (χ3v) is 4.57. The van der Waals surface area contributed by atoms with Gasteiger partial charge in [0.1, 0.15) is 0 Å². The van der Waals surface area contributed by atoms with E-state index in [2.05, 4.69) is 26.0 Å². The van der Waals surface area contributed by atoms with E-state index in [4.69, 9.17) is 11.6 Å². The van der Waals surface area contributed by atoms with Crippen LogP contribution in [-0.4, -0.2) is 27.8 Å². The molecule has 0 saturated heterocycles. The van der Waals surface area contributed by atoms with Crippen molar-refractivity contribution < 1.29 is 8.42 Å². The number of benzene rings is 1. The summed E-state index contributed by atoms with van der Waals surface area (Å²) in [5.74, 6) is 0.105. The van der Waals surface area contributed by atoms with Crippen molar-refractivity contribution in [3.05, 3.63) is 27.7 Å². The highest BCUT2D eigenvalue weighted by Gasteiger charge is 2.12. The summed E-state index contributed by atoms with van der Waals surface area (Å²) in [6.45, 7) is 0.816. The van der Waals surface area contributed by atoms with Crippen LogP contribution in [0.4, 0.5) is 5.69 Å². The van der Waals surface area contributed by atoms with E-state index < -0.39 is 10.0 Å². The predicted octanol–water partition coefficient (Wildman–Crippen LogP) is 2.84. The average Bonchev–Trinajstić information content (AvgIpc) is 2.29. The first-order valence-corrected chi connectivity index (χ1v) is 8.37. The van der Waals surface area contributed by atoms with Crippen molar-refractivity contribution in [2.45, 2.75) is 12.8 Å². The van der Waals surface area contributed by atoms with Crippen LogP contribution in [0.5, 0.6) is 0 Å². The molecule has 0 radical (unpaired) electrons. The molecular weight excluding hydrogens is 340 g/mol. The fourth-order valence-corrected chi connectivity index (χ4v) is 3.23. The molecule has 0 bridgehead atoms. The molecule has 0 unspecified atom stereocenters. The lowest BCUT2D eigenvalue weighted by molar-refractivity contribution is 0.595. The molecule has 1 aromatic rings. The van der Waals surface area contributed by atoms with E-state index in [-0.39, 0.29) is 5.75 Å². The van der Waals surface area contributed by atoms with Crippen LogP contribution in [-0.2, 0) is 10.0 Å². The van der Waals surface area contributed by atoms with Gasteiger partial charge in [0, 0.05) is 9.50 Å². The molecule has 1 aromatic carbocycles. The van der Waals surface area contributed by atoms with Crippen LogP contribution in [0, 0.1) is 0 Å². The number of anilines is 1. The van der Waals surface area contributed by atoms with Crippen LogP contribution in [0.25, 0.3) is 0 Å². The normalized spacial score (nSPS) is 11.5. The Bertz CT molecular complexity index is 494. The van der Waals surface area contributed by atoms with Gasteiger partial charge >= 0.3 is 0 Å². The Balaban J connectivity index is 2.62. The zero-order valence-electron chi connectivity index (χ0n) is 10.0. The lowest BCUT2D eigenvalue weighted by Gasteiger charge is -2.10. The van der Waals surface area contributed by atoms with Crippen LogP contribution in [0.2, 0.25) is 5.02 Å². The SMILES string of the molecule is CNCCCCS(=O)(=O)Nc1cc(Cl)ccc1Br. The highest BCUT2D eigenvalue weighted by Crippen LogP contribution is 2.26. The molecule has 7 heteroatoms. The van der Waals surface area contributed by atoms with Crippen molar-refractivity contribution in [1.82, 2.24) is 5.32 Å². The second-order valence-electron chi connectivity index (χ2n) is 3.86. The number of halogens is 2. The molecule has 102 valence electrons. The maximum absolute atomic E-state index is 11.8. The van der Waals surface area contributed by atoms with E-state index in [0.717, 1.165) is 13.0 Å². The van der Waals surface area contributed by atoms with Gasteiger partial charge in [-0.2, -0.15) is 0 Å². The summed E-state index contributed by atoms with van der Waals surface area (Å²) in [5.41, 5.74) is 0.469. The Morgan fingerprint density at radius 2 is 2.06 bits per heavy atom. The van der Waals surface area contributed by atoms with Gasteiger partial charge in [-0.3, -0.25) is 4.72 Å². The standard InChI is InChI=1S/C11H16BrClN2O2S/c1-14-6-2-3-7-18(16,17)15-11-8-9(13)4-5-10(11)12/h4-5,8,14-15H,2-3,6-7H2,1H3. The van der Waals surface area contributed by atoms with Gasteiger partial charge in [-0.05, 0) is 60.6 Å². The Morgan fingerprint density at radius 1 is 1.33 bits per heavy atom. The van der Waals surface area contributed by atoms with Gasteiger partial charge < -0.3 is 5.32 Å².